The van der Waals surface area contributed by atoms with Crippen LogP contribution in [0.1, 0.15) is 15.9 Å². The van der Waals surface area contributed by atoms with Crippen molar-refractivity contribution in [3.05, 3.63) is 107 Å². The number of aromatic nitrogens is 5. The summed E-state index contributed by atoms with van der Waals surface area (Å²) in [5.74, 6) is -0.412. The minimum absolute atomic E-state index is 0.113. The van der Waals surface area contributed by atoms with Gasteiger partial charge in [0, 0.05) is 0 Å². The van der Waals surface area contributed by atoms with Gasteiger partial charge in [-0.2, -0.15) is 0 Å². The van der Waals surface area contributed by atoms with Crippen LogP contribution in [-0.2, 0) is 11.8 Å². The van der Waals surface area contributed by atoms with Gasteiger partial charge in [-0.05, 0) is 12.1 Å². The van der Waals surface area contributed by atoms with E-state index in [0.29, 0.717) is 29.0 Å². The summed E-state index contributed by atoms with van der Waals surface area (Å²) in [5.41, 5.74) is 10.7. The number of hydrogen-bond acceptors (Lipinski definition) is 6. The molecule has 0 aliphatic rings. The average Bonchev–Trinajstić information content (AvgIpc) is 3.20. The molecule has 9 nitrogen and oxygen atoms in total. The van der Waals surface area contributed by atoms with Gasteiger partial charge >= 0.3 is 158 Å². The number of imidazole rings is 1. The molecule has 0 radical (unpaired) electrons. The van der Waals surface area contributed by atoms with Crippen molar-refractivity contribution in [3.8, 4) is 11.3 Å². The number of carbonyl (C=O) groups is 1. The van der Waals surface area contributed by atoms with Gasteiger partial charge in [-0.3, -0.25) is 0 Å². The van der Waals surface area contributed by atoms with E-state index in [0.717, 1.165) is 22.2 Å². The SMILES string of the molecule is O=C(O)c1ccccc1.[Li][CH2]n1nc(-c2cncc(Cn3c(N)nc4ccccc43)c2)ccc1=O. The third-order valence-electron chi connectivity index (χ3n) is 5.30. The maximum absolute atomic E-state index is 11.7. The van der Waals surface area contributed by atoms with E-state index in [9.17, 15) is 9.59 Å². The Morgan fingerprint density at radius 3 is 2.46 bits per heavy atom. The number of nitrogens with two attached hydrogens (primary N) is 1. The molecule has 5 aromatic rings. The number of carboxylic acid groups (broad SMARTS) is 1. The first-order valence-electron chi connectivity index (χ1n) is 11.0. The Hall–Kier alpha value is -4.19. The number of nitrogen functional groups attached to an aromatic ring is 1. The summed E-state index contributed by atoms with van der Waals surface area (Å²) < 4.78 is 3.39. The number of nitrogens with zero attached hydrogens (tertiary/aromatic N) is 5. The molecule has 170 valence electrons. The van der Waals surface area contributed by atoms with Gasteiger partial charge in [-0.15, -0.1) is 0 Å². The van der Waals surface area contributed by atoms with Crippen LogP contribution in [-0.4, -0.2) is 53.1 Å². The molecule has 3 heterocycles. The maximum atomic E-state index is 11.7. The van der Waals surface area contributed by atoms with Crippen molar-refractivity contribution < 1.29 is 9.90 Å². The van der Waals surface area contributed by atoms with Crippen molar-refractivity contribution in [2.75, 3.05) is 5.73 Å². The van der Waals surface area contributed by atoms with Gasteiger partial charge in [0.15, 0.2) is 0 Å². The summed E-state index contributed by atoms with van der Waals surface area (Å²) in [6.45, 7) is 0.556. The van der Waals surface area contributed by atoms with E-state index in [1.807, 2.05) is 52.6 Å². The Morgan fingerprint density at radius 1 is 1.00 bits per heavy atom. The van der Waals surface area contributed by atoms with Gasteiger partial charge in [0.2, 0.25) is 0 Å². The molecule has 0 saturated heterocycles. The Kier molecular flexibility index (Phi) is 7.41. The number of pyridine rings is 1. The van der Waals surface area contributed by atoms with Crippen LogP contribution >= 0.6 is 0 Å². The number of hydrogen-bond donors (Lipinski definition) is 2. The summed E-state index contributed by atoms with van der Waals surface area (Å²) in [6.07, 6.45) is 3.54. The first-order valence-corrected chi connectivity index (χ1v) is 11.0. The zero-order valence-corrected chi connectivity index (χ0v) is 19.1. The van der Waals surface area contributed by atoms with Crippen LogP contribution in [0.25, 0.3) is 22.3 Å². The van der Waals surface area contributed by atoms with Crippen LogP contribution in [0, 0.1) is 0 Å². The number of fused-ring (bicyclic) bond motifs is 1. The molecule has 0 amide bonds. The molecule has 0 fully saturated rings. The van der Waals surface area contributed by atoms with Gasteiger partial charge < -0.3 is 5.11 Å². The molecule has 5 rings (SSSR count). The molecule has 0 bridgehead atoms. The van der Waals surface area contributed by atoms with Crippen LogP contribution in [0.4, 0.5) is 5.95 Å². The molecule has 0 spiro atoms. The quantitative estimate of drug-likeness (QED) is 0.386. The predicted molar refractivity (Wildman–Crippen MR) is 134 cm³/mol. The van der Waals surface area contributed by atoms with Crippen LogP contribution in [0.15, 0.2) is 90.0 Å². The predicted octanol–water partition coefficient (Wildman–Crippen LogP) is 2.80. The first-order chi connectivity index (χ1) is 17.0. The molecule has 3 aromatic heterocycles. The van der Waals surface area contributed by atoms with Crippen molar-refractivity contribution in [1.29, 1.82) is 0 Å². The molecular formula is C25H21LiN6O3. The number of para-hydroxylation sites is 2. The second kappa shape index (κ2) is 10.8. The molecule has 0 unspecified atom stereocenters. The minimum atomic E-state index is -0.879. The molecule has 0 aliphatic heterocycles. The fourth-order valence-corrected chi connectivity index (χ4v) is 3.57. The number of anilines is 1. The van der Waals surface area contributed by atoms with E-state index in [4.69, 9.17) is 10.8 Å². The second-order valence-corrected chi connectivity index (χ2v) is 7.67. The van der Waals surface area contributed by atoms with Crippen molar-refractivity contribution in [2.24, 2.45) is 0 Å². The Morgan fingerprint density at radius 2 is 1.74 bits per heavy atom. The van der Waals surface area contributed by atoms with Crippen LogP contribution in [0.2, 0.25) is 0 Å². The van der Waals surface area contributed by atoms with Crippen molar-refractivity contribution in [2.45, 2.75) is 11.8 Å². The van der Waals surface area contributed by atoms with E-state index in [1.54, 1.807) is 48.8 Å². The van der Waals surface area contributed by atoms with E-state index in [-0.39, 0.29) is 5.56 Å². The molecule has 0 saturated carbocycles. The first kappa shape index (κ1) is 23.9. The fraction of sp³-hybridized carbons (Fsp3) is 0.0800. The van der Waals surface area contributed by atoms with Crippen LogP contribution < -0.4 is 11.3 Å². The summed E-state index contributed by atoms with van der Waals surface area (Å²) in [5, 5.41) is 13.3. The Labute approximate surface area is 210 Å². The summed E-state index contributed by atoms with van der Waals surface area (Å²) in [4.78, 5) is 30.7. The van der Waals surface area contributed by atoms with Crippen molar-refractivity contribution in [3.63, 3.8) is 0 Å². The summed E-state index contributed by atoms with van der Waals surface area (Å²) in [7, 11) is 0. The zero-order chi connectivity index (χ0) is 24.8. The second-order valence-electron chi connectivity index (χ2n) is 7.67. The van der Waals surface area contributed by atoms with Crippen LogP contribution in [0.3, 0.4) is 0 Å². The number of benzene rings is 2. The number of carboxylic acids is 1. The molecule has 3 N–H and O–H groups in total. The standard InChI is InChI=1S/C18H15N6O.C7H6O2.Li/c1-23-17(25)7-6-14(22-23)13-8-12(9-20-10-13)11-24-16-5-3-2-4-15(16)21-18(24)19;8-7(9)6-4-2-1-3-5-6;/h2-10H,1,11H2,(H2,19,21);1-5H,(H,8,9);. The molecule has 0 atom stereocenters. The van der Waals surface area contributed by atoms with Gasteiger partial charge in [0.1, 0.15) is 0 Å². The van der Waals surface area contributed by atoms with E-state index in [1.165, 1.54) is 10.7 Å². The van der Waals surface area contributed by atoms with E-state index < -0.39 is 5.97 Å². The summed E-state index contributed by atoms with van der Waals surface area (Å²) in [6, 6.07) is 21.4. The molecule has 35 heavy (non-hydrogen) atoms. The third kappa shape index (κ3) is 5.66. The molecule has 2 aromatic carbocycles. The van der Waals surface area contributed by atoms with Gasteiger partial charge in [-0.1, -0.05) is 24.3 Å². The Bertz CT molecular complexity index is 1530. The monoisotopic (exact) mass is 460 g/mol. The molecule has 0 aliphatic carbocycles. The van der Waals surface area contributed by atoms with Gasteiger partial charge in [0.05, 0.1) is 5.56 Å². The normalized spacial score (nSPS) is 10.6. The number of rotatable bonds is 5. The third-order valence-corrected chi connectivity index (χ3v) is 5.30. The number of aromatic carboxylic acids is 1. The van der Waals surface area contributed by atoms with Gasteiger partial charge in [-0.25, -0.2) is 4.79 Å². The van der Waals surface area contributed by atoms with E-state index >= 15 is 0 Å². The average molecular weight is 460 g/mol. The van der Waals surface area contributed by atoms with Crippen molar-refractivity contribution in [1.82, 2.24) is 24.3 Å². The van der Waals surface area contributed by atoms with Crippen LogP contribution in [0.5, 0.6) is 0 Å². The topological polar surface area (TPSA) is 129 Å². The molecule has 10 heteroatoms. The van der Waals surface area contributed by atoms with Crippen molar-refractivity contribution >= 4 is 40.7 Å². The zero-order valence-electron chi connectivity index (χ0n) is 19.1. The summed E-state index contributed by atoms with van der Waals surface area (Å²) >= 11 is 1.89. The van der Waals surface area contributed by atoms with Gasteiger partial charge in [0.25, 0.3) is 0 Å². The van der Waals surface area contributed by atoms with E-state index in [2.05, 4.69) is 15.1 Å². The Balaban J connectivity index is 0.000000271. The fourth-order valence-electron chi connectivity index (χ4n) is 3.57. The molecular weight excluding hydrogens is 439 g/mol.